The van der Waals surface area contributed by atoms with Crippen molar-refractivity contribution in [2.24, 2.45) is 0 Å². The molecule has 0 spiro atoms. The van der Waals surface area contributed by atoms with Crippen LogP contribution in [-0.2, 0) is 11.0 Å². The van der Waals surface area contributed by atoms with E-state index >= 15 is 0 Å². The number of hydrogen-bond acceptors (Lipinski definition) is 3. The van der Waals surface area contributed by atoms with Crippen molar-refractivity contribution in [3.05, 3.63) is 76.3 Å². The molecule has 1 saturated carbocycles. The molecule has 3 aromatic rings. The van der Waals surface area contributed by atoms with E-state index in [0.717, 1.165) is 12.1 Å². The summed E-state index contributed by atoms with van der Waals surface area (Å²) < 4.78 is 45.0. The van der Waals surface area contributed by atoms with E-state index in [9.17, 15) is 27.9 Å². The van der Waals surface area contributed by atoms with Crippen LogP contribution in [-0.4, -0.2) is 22.5 Å². The molecule has 5 nitrogen and oxygen atoms in total. The Kier molecular flexibility index (Phi) is 6.68. The number of alkyl halides is 3. The monoisotopic (exact) mass is 505 g/mol. The molecular formula is C26H23ClF3NO4. The van der Waals surface area contributed by atoms with Gasteiger partial charge in [0.15, 0.2) is 0 Å². The number of carbonyl (C=O) groups excluding carboxylic acids is 1. The first kappa shape index (κ1) is 24.9. The van der Waals surface area contributed by atoms with Crippen molar-refractivity contribution in [2.45, 2.75) is 50.4 Å². The van der Waals surface area contributed by atoms with E-state index in [1.54, 1.807) is 31.2 Å². The summed E-state index contributed by atoms with van der Waals surface area (Å²) >= 11 is 6.45. The highest BCUT2D eigenvalue weighted by Crippen LogP contribution is 2.39. The largest absolute Gasteiger partial charge is 0.485 e. The normalized spacial score (nSPS) is 16.1. The van der Waals surface area contributed by atoms with Gasteiger partial charge in [0.1, 0.15) is 17.4 Å². The third kappa shape index (κ3) is 4.93. The second kappa shape index (κ2) is 9.41. The first-order chi connectivity index (χ1) is 16.5. The van der Waals surface area contributed by atoms with Crippen LogP contribution >= 0.6 is 11.6 Å². The van der Waals surface area contributed by atoms with Crippen LogP contribution < -0.4 is 10.1 Å². The van der Waals surface area contributed by atoms with Crippen molar-refractivity contribution in [1.29, 1.82) is 0 Å². The van der Waals surface area contributed by atoms with Crippen LogP contribution in [0.25, 0.3) is 10.8 Å². The molecule has 0 aliphatic heterocycles. The molecule has 1 aliphatic rings. The highest BCUT2D eigenvalue weighted by molar-refractivity contribution is 6.36. The molecule has 2 N–H and O–H groups in total. The molecule has 35 heavy (non-hydrogen) atoms. The second-order valence-electron chi connectivity index (χ2n) is 8.71. The molecule has 0 radical (unpaired) electrons. The van der Waals surface area contributed by atoms with Crippen molar-refractivity contribution >= 4 is 34.2 Å². The lowest BCUT2D eigenvalue weighted by molar-refractivity contribution is -0.144. The number of carboxylic acid groups (broad SMARTS) is 1. The summed E-state index contributed by atoms with van der Waals surface area (Å²) in [7, 11) is 0. The highest BCUT2D eigenvalue weighted by Gasteiger charge is 2.43. The van der Waals surface area contributed by atoms with Gasteiger partial charge in [-0.2, -0.15) is 13.2 Å². The van der Waals surface area contributed by atoms with Crippen molar-refractivity contribution in [2.75, 3.05) is 0 Å². The Morgan fingerprint density at radius 3 is 2.23 bits per heavy atom. The van der Waals surface area contributed by atoms with Crippen LogP contribution in [0.1, 0.15) is 60.2 Å². The van der Waals surface area contributed by atoms with E-state index in [1.807, 2.05) is 0 Å². The molecule has 3 aromatic carbocycles. The third-order valence-corrected chi connectivity index (χ3v) is 6.72. The molecule has 1 fully saturated rings. The first-order valence-corrected chi connectivity index (χ1v) is 11.5. The Morgan fingerprint density at radius 1 is 1.06 bits per heavy atom. The quantitative estimate of drug-likeness (QED) is 0.387. The van der Waals surface area contributed by atoms with Crippen LogP contribution in [0, 0.1) is 0 Å². The molecular weight excluding hydrogens is 483 g/mol. The number of ether oxygens (including phenoxy) is 1. The molecule has 1 atom stereocenters. The van der Waals surface area contributed by atoms with Gasteiger partial charge >= 0.3 is 12.1 Å². The minimum absolute atomic E-state index is 0.0555. The molecule has 9 heteroatoms. The van der Waals surface area contributed by atoms with Gasteiger partial charge in [0.25, 0.3) is 5.91 Å². The summed E-state index contributed by atoms with van der Waals surface area (Å²) in [4.78, 5) is 25.3. The van der Waals surface area contributed by atoms with Crippen LogP contribution in [0.3, 0.4) is 0 Å². The van der Waals surface area contributed by atoms with Gasteiger partial charge in [-0.25, -0.2) is 4.79 Å². The van der Waals surface area contributed by atoms with Gasteiger partial charge in [-0.3, -0.25) is 4.79 Å². The topological polar surface area (TPSA) is 75.6 Å². The number of amides is 1. The molecule has 0 bridgehead atoms. The number of fused-ring (bicyclic) bond motifs is 1. The number of nitrogens with one attached hydrogen (secondary N) is 1. The molecule has 0 saturated heterocycles. The number of benzene rings is 3. The van der Waals surface area contributed by atoms with Gasteiger partial charge in [0.2, 0.25) is 0 Å². The molecule has 1 aliphatic carbocycles. The van der Waals surface area contributed by atoms with Crippen LogP contribution in [0.15, 0.2) is 54.6 Å². The summed E-state index contributed by atoms with van der Waals surface area (Å²) in [5, 5.41) is 13.9. The molecule has 1 amide bonds. The number of rotatable bonds is 6. The lowest BCUT2D eigenvalue weighted by Crippen LogP contribution is -2.52. The van der Waals surface area contributed by atoms with Gasteiger partial charge in [-0.1, -0.05) is 60.8 Å². The number of hydrogen-bond donors (Lipinski definition) is 2. The SMILES string of the molecule is CC(Oc1c(C(=O)NC2(C(=O)O)CCCC2)cc(Cl)c2ccccc12)c1ccc(C(F)(F)F)cc1. The maximum absolute atomic E-state index is 13.4. The van der Waals surface area contributed by atoms with Gasteiger partial charge < -0.3 is 15.2 Å². The Hall–Kier alpha value is -3.26. The van der Waals surface area contributed by atoms with E-state index in [-0.39, 0.29) is 16.3 Å². The van der Waals surface area contributed by atoms with Crippen molar-refractivity contribution in [3.8, 4) is 5.75 Å². The number of halogens is 4. The van der Waals surface area contributed by atoms with Crippen molar-refractivity contribution < 1.29 is 32.6 Å². The Balaban J connectivity index is 1.73. The maximum atomic E-state index is 13.4. The standard InChI is InChI=1S/C26H23ClF3NO4/c1-15(16-8-10-17(11-9-16)26(28,29)30)35-22-19-7-3-2-6-18(19)21(27)14-20(22)23(32)31-25(24(33)34)12-4-5-13-25/h2-3,6-11,14-15H,4-5,12-13H2,1H3,(H,31,32)(H,33,34). The summed E-state index contributed by atoms with van der Waals surface area (Å²) in [6, 6.07) is 13.0. The molecule has 0 heterocycles. The Labute approximate surface area is 204 Å². The van der Waals surface area contributed by atoms with E-state index in [2.05, 4.69) is 5.32 Å². The van der Waals surface area contributed by atoms with Gasteiger partial charge in [0, 0.05) is 15.8 Å². The van der Waals surface area contributed by atoms with Crippen LogP contribution in [0.5, 0.6) is 5.75 Å². The summed E-state index contributed by atoms with van der Waals surface area (Å²) in [5.41, 5.74) is -1.62. The van der Waals surface area contributed by atoms with Gasteiger partial charge in [-0.05, 0) is 43.5 Å². The zero-order chi connectivity index (χ0) is 25.4. The highest BCUT2D eigenvalue weighted by atomic mass is 35.5. The number of carbonyl (C=O) groups is 2. The fourth-order valence-corrected chi connectivity index (χ4v) is 4.72. The number of carboxylic acids is 1. The van der Waals surface area contributed by atoms with Crippen molar-refractivity contribution in [3.63, 3.8) is 0 Å². The van der Waals surface area contributed by atoms with E-state index in [4.69, 9.17) is 16.3 Å². The lowest BCUT2D eigenvalue weighted by Gasteiger charge is -2.27. The zero-order valence-corrected chi connectivity index (χ0v) is 19.5. The molecule has 4 rings (SSSR count). The number of aliphatic carboxylic acids is 1. The van der Waals surface area contributed by atoms with Gasteiger partial charge in [-0.15, -0.1) is 0 Å². The van der Waals surface area contributed by atoms with E-state index in [0.29, 0.717) is 42.0 Å². The summed E-state index contributed by atoms with van der Waals surface area (Å²) in [5.74, 6) is -1.57. The van der Waals surface area contributed by atoms with Crippen LogP contribution in [0.4, 0.5) is 13.2 Å². The lowest BCUT2D eigenvalue weighted by atomic mass is 9.96. The smallest absolute Gasteiger partial charge is 0.416 e. The first-order valence-electron chi connectivity index (χ1n) is 11.1. The predicted molar refractivity (Wildman–Crippen MR) is 126 cm³/mol. The van der Waals surface area contributed by atoms with E-state index < -0.39 is 35.3 Å². The summed E-state index contributed by atoms with van der Waals surface area (Å²) in [6.45, 7) is 1.66. The average molecular weight is 506 g/mol. The average Bonchev–Trinajstić information content (AvgIpc) is 3.30. The van der Waals surface area contributed by atoms with Crippen LogP contribution in [0.2, 0.25) is 5.02 Å². The summed E-state index contributed by atoms with van der Waals surface area (Å²) in [6.07, 6.45) is -3.19. The molecule has 1 unspecified atom stereocenters. The fraction of sp³-hybridized carbons (Fsp3) is 0.308. The van der Waals surface area contributed by atoms with Crippen molar-refractivity contribution in [1.82, 2.24) is 5.32 Å². The zero-order valence-electron chi connectivity index (χ0n) is 18.8. The fourth-order valence-electron chi connectivity index (χ4n) is 4.44. The van der Waals surface area contributed by atoms with E-state index in [1.165, 1.54) is 18.2 Å². The second-order valence-corrected chi connectivity index (χ2v) is 9.12. The maximum Gasteiger partial charge on any atom is 0.416 e. The third-order valence-electron chi connectivity index (χ3n) is 6.41. The molecule has 0 aromatic heterocycles. The molecule has 184 valence electrons. The minimum Gasteiger partial charge on any atom is -0.485 e. The van der Waals surface area contributed by atoms with Gasteiger partial charge in [0.05, 0.1) is 11.1 Å². The Bertz CT molecular complexity index is 1270. The minimum atomic E-state index is -4.46. The predicted octanol–water partition coefficient (Wildman–Crippen LogP) is 6.78. The Morgan fingerprint density at radius 2 is 1.66 bits per heavy atom.